The van der Waals surface area contributed by atoms with Crippen LogP contribution in [0.25, 0.3) is 0 Å². The number of thiazole rings is 1. The van der Waals surface area contributed by atoms with Gasteiger partial charge in [0, 0.05) is 31.4 Å². The number of aromatic nitrogens is 1. The van der Waals surface area contributed by atoms with Crippen LogP contribution in [0.4, 0.5) is 0 Å². The average molecular weight is 451 g/mol. The van der Waals surface area contributed by atoms with E-state index in [-0.39, 0.29) is 42.7 Å². The van der Waals surface area contributed by atoms with E-state index in [1.54, 1.807) is 11.3 Å². The second kappa shape index (κ2) is 12.0. The third-order valence-corrected chi connectivity index (χ3v) is 5.97. The number of piperidine rings is 1. The number of nitrogens with one attached hydrogen (secondary N) is 2. The summed E-state index contributed by atoms with van der Waals surface area (Å²) in [6.07, 6.45) is 4.94. The highest BCUT2D eigenvalue weighted by atomic mass is 35.5. The van der Waals surface area contributed by atoms with Crippen molar-refractivity contribution in [3.63, 3.8) is 0 Å². The Labute approximate surface area is 184 Å². The predicted octanol–water partition coefficient (Wildman–Crippen LogP) is 2.91. The first-order valence-electron chi connectivity index (χ1n) is 9.77. The number of hydrogen-bond donors (Lipinski definition) is 2. The Morgan fingerprint density at radius 2 is 2.11 bits per heavy atom. The first-order chi connectivity index (χ1) is 12.5. The van der Waals surface area contributed by atoms with Crippen LogP contribution >= 0.6 is 36.2 Å². The van der Waals surface area contributed by atoms with Gasteiger partial charge in [-0.3, -0.25) is 9.59 Å². The highest BCUT2D eigenvalue weighted by Crippen LogP contribution is 2.20. The van der Waals surface area contributed by atoms with E-state index in [4.69, 9.17) is 0 Å². The molecule has 2 atom stereocenters. The molecule has 1 aromatic rings. The minimum absolute atomic E-state index is 0. The summed E-state index contributed by atoms with van der Waals surface area (Å²) in [6.45, 7) is 7.38. The fourth-order valence-corrected chi connectivity index (χ4v) is 4.69. The molecule has 2 aliphatic rings. The second-order valence-corrected chi connectivity index (χ2v) is 8.82. The number of carbonyl (C=O) groups excluding carboxylic acids is 2. The summed E-state index contributed by atoms with van der Waals surface area (Å²) in [4.78, 5) is 31.3. The summed E-state index contributed by atoms with van der Waals surface area (Å²) in [5, 5.41) is 9.21. The van der Waals surface area contributed by atoms with E-state index in [0.29, 0.717) is 30.6 Å². The molecule has 160 valence electrons. The fraction of sp³-hybridized carbons (Fsp3) is 0.737. The Morgan fingerprint density at radius 3 is 2.79 bits per heavy atom. The quantitative estimate of drug-likeness (QED) is 0.698. The molecule has 2 N–H and O–H groups in total. The molecule has 2 aliphatic heterocycles. The van der Waals surface area contributed by atoms with Crippen molar-refractivity contribution < 1.29 is 9.59 Å². The smallest absolute Gasteiger partial charge is 0.273 e. The topological polar surface area (TPSA) is 74.3 Å². The number of likely N-dealkylation sites (tertiary alicyclic amines) is 1. The van der Waals surface area contributed by atoms with Crippen LogP contribution in [-0.4, -0.2) is 53.9 Å². The van der Waals surface area contributed by atoms with Crippen LogP contribution in [0.1, 0.15) is 55.0 Å². The second-order valence-electron chi connectivity index (χ2n) is 7.88. The minimum atomic E-state index is -0.0364. The molecule has 3 rings (SSSR count). The van der Waals surface area contributed by atoms with Crippen molar-refractivity contribution in [1.82, 2.24) is 20.5 Å². The highest BCUT2D eigenvalue weighted by molar-refractivity contribution is 7.09. The van der Waals surface area contributed by atoms with Gasteiger partial charge in [0.15, 0.2) is 0 Å². The number of halogens is 2. The van der Waals surface area contributed by atoms with E-state index in [1.807, 2.05) is 10.3 Å². The Bertz CT molecular complexity index is 635. The lowest BCUT2D eigenvalue weighted by molar-refractivity contribution is -0.123. The monoisotopic (exact) mass is 450 g/mol. The van der Waals surface area contributed by atoms with Crippen LogP contribution in [0, 0.1) is 11.8 Å². The number of amides is 2. The van der Waals surface area contributed by atoms with Crippen molar-refractivity contribution in [2.45, 2.75) is 52.0 Å². The Hall–Kier alpha value is -0.890. The molecule has 28 heavy (non-hydrogen) atoms. The van der Waals surface area contributed by atoms with Crippen LogP contribution in [0.2, 0.25) is 0 Å². The molecule has 0 aliphatic carbocycles. The Balaban J connectivity index is 0.00000196. The van der Waals surface area contributed by atoms with Gasteiger partial charge in [0.25, 0.3) is 5.91 Å². The zero-order valence-corrected chi connectivity index (χ0v) is 19.1. The fourth-order valence-electron chi connectivity index (χ4n) is 3.71. The minimum Gasteiger partial charge on any atom is -0.354 e. The summed E-state index contributed by atoms with van der Waals surface area (Å²) in [7, 11) is 0. The normalized spacial score (nSPS) is 21.8. The molecule has 9 heteroatoms. The van der Waals surface area contributed by atoms with Gasteiger partial charge in [-0.2, -0.15) is 0 Å². The van der Waals surface area contributed by atoms with E-state index in [2.05, 4.69) is 29.5 Å². The Kier molecular flexibility index (Phi) is 10.7. The molecule has 1 aromatic heterocycles. The molecule has 2 amide bonds. The van der Waals surface area contributed by atoms with Gasteiger partial charge in [-0.05, 0) is 44.1 Å². The lowest BCUT2D eigenvalue weighted by Crippen LogP contribution is -2.46. The van der Waals surface area contributed by atoms with Gasteiger partial charge >= 0.3 is 0 Å². The van der Waals surface area contributed by atoms with Crippen LogP contribution < -0.4 is 10.6 Å². The summed E-state index contributed by atoms with van der Waals surface area (Å²) >= 11 is 1.58. The van der Waals surface area contributed by atoms with E-state index in [9.17, 15) is 9.59 Å². The molecule has 0 aromatic carbocycles. The van der Waals surface area contributed by atoms with Crippen molar-refractivity contribution in [2.75, 3.05) is 26.2 Å². The predicted molar refractivity (Wildman–Crippen MR) is 118 cm³/mol. The number of hydrogen-bond acceptors (Lipinski definition) is 5. The molecule has 3 heterocycles. The number of nitrogens with zero attached hydrogens (tertiary/aromatic N) is 2. The maximum Gasteiger partial charge on any atom is 0.273 e. The molecular formula is C19H32Cl2N4O2S. The zero-order valence-electron chi connectivity index (χ0n) is 16.6. The molecule has 2 saturated heterocycles. The zero-order chi connectivity index (χ0) is 18.5. The van der Waals surface area contributed by atoms with Crippen LogP contribution in [0.15, 0.2) is 5.38 Å². The third kappa shape index (κ3) is 6.87. The van der Waals surface area contributed by atoms with Gasteiger partial charge in [-0.25, -0.2) is 4.98 Å². The molecule has 2 unspecified atom stereocenters. The summed E-state index contributed by atoms with van der Waals surface area (Å²) in [5.41, 5.74) is 0.575. The van der Waals surface area contributed by atoms with Crippen LogP contribution in [0.5, 0.6) is 0 Å². The molecule has 0 spiro atoms. The van der Waals surface area contributed by atoms with E-state index in [0.717, 1.165) is 50.2 Å². The number of carbonyl (C=O) groups is 2. The van der Waals surface area contributed by atoms with E-state index < -0.39 is 0 Å². The molecule has 0 saturated carbocycles. The van der Waals surface area contributed by atoms with Crippen molar-refractivity contribution in [1.29, 1.82) is 0 Å². The lowest BCUT2D eigenvalue weighted by Gasteiger charge is -2.32. The summed E-state index contributed by atoms with van der Waals surface area (Å²) < 4.78 is 0. The van der Waals surface area contributed by atoms with Gasteiger partial charge in [0.05, 0.1) is 11.0 Å². The molecular weight excluding hydrogens is 419 g/mol. The van der Waals surface area contributed by atoms with Crippen molar-refractivity contribution >= 4 is 48.0 Å². The van der Waals surface area contributed by atoms with E-state index in [1.165, 1.54) is 0 Å². The lowest BCUT2D eigenvalue weighted by atomic mass is 9.97. The molecule has 2 fully saturated rings. The first-order valence-corrected chi connectivity index (χ1v) is 10.7. The molecule has 6 nitrogen and oxygen atoms in total. The summed E-state index contributed by atoms with van der Waals surface area (Å²) in [5.74, 6) is 1.00. The molecule has 0 bridgehead atoms. The largest absolute Gasteiger partial charge is 0.354 e. The van der Waals surface area contributed by atoms with Gasteiger partial charge in [0.2, 0.25) is 5.91 Å². The van der Waals surface area contributed by atoms with Crippen molar-refractivity contribution in [3.8, 4) is 0 Å². The molecule has 0 radical (unpaired) electrons. The van der Waals surface area contributed by atoms with Gasteiger partial charge in [-0.15, -0.1) is 36.2 Å². The van der Waals surface area contributed by atoms with Gasteiger partial charge < -0.3 is 15.5 Å². The number of rotatable bonds is 6. The SMILES string of the molecule is CC(C)Cc1nc(C(=O)N2CCCC(CNC(=O)C3CCCN3)C2)cs1.Cl.Cl. The van der Waals surface area contributed by atoms with Crippen molar-refractivity contribution in [2.24, 2.45) is 11.8 Å². The standard InChI is InChI=1S/C19H30N4O2S.2ClH/c1-13(2)9-17-22-16(12-26-17)19(25)23-8-4-5-14(11-23)10-21-18(24)15-6-3-7-20-15;;/h12-15,20H,3-11H2,1-2H3,(H,21,24);2*1H. The Morgan fingerprint density at radius 1 is 1.32 bits per heavy atom. The average Bonchev–Trinajstić information content (AvgIpc) is 3.31. The highest BCUT2D eigenvalue weighted by Gasteiger charge is 2.27. The van der Waals surface area contributed by atoms with Crippen molar-refractivity contribution in [3.05, 3.63) is 16.1 Å². The van der Waals surface area contributed by atoms with E-state index >= 15 is 0 Å². The van der Waals surface area contributed by atoms with Crippen LogP contribution in [-0.2, 0) is 11.2 Å². The third-order valence-electron chi connectivity index (χ3n) is 5.10. The summed E-state index contributed by atoms with van der Waals surface area (Å²) in [6, 6.07) is -0.0364. The maximum atomic E-state index is 12.8. The maximum absolute atomic E-state index is 12.8. The van der Waals surface area contributed by atoms with Crippen LogP contribution in [0.3, 0.4) is 0 Å². The van der Waals surface area contributed by atoms with Gasteiger partial charge in [0.1, 0.15) is 5.69 Å². The first kappa shape index (κ1) is 25.1. The van der Waals surface area contributed by atoms with Gasteiger partial charge in [-0.1, -0.05) is 13.8 Å².